The van der Waals surface area contributed by atoms with Crippen LogP contribution in [0.3, 0.4) is 0 Å². The zero-order valence-corrected chi connectivity index (χ0v) is 6.90. The predicted molar refractivity (Wildman–Crippen MR) is 50.8 cm³/mol. The van der Waals surface area contributed by atoms with Crippen molar-refractivity contribution in [2.45, 2.75) is 0 Å². The van der Waals surface area contributed by atoms with Crippen molar-refractivity contribution in [2.24, 2.45) is 0 Å². The first kappa shape index (κ1) is 7.67. The molecule has 1 aromatic carbocycles. The number of hydrogen-bond donors (Lipinski definition) is 2. The van der Waals surface area contributed by atoms with E-state index in [1.54, 1.807) is 23.0 Å². The lowest BCUT2D eigenvalue weighted by Crippen LogP contribution is -2.02. The minimum Gasteiger partial charge on any atom is -0.399 e. The minimum atomic E-state index is -0.114. The smallest absolute Gasteiger partial charge is 0.264 e. The molecule has 4 nitrogen and oxygen atoms in total. The van der Waals surface area contributed by atoms with Gasteiger partial charge in [-0.25, -0.2) is 0 Å². The van der Waals surface area contributed by atoms with Gasteiger partial charge in [-0.05, 0) is 24.3 Å². The Labute approximate surface area is 74.6 Å². The first-order chi connectivity index (χ1) is 6.25. The fraction of sp³-hybridized carbons (Fsp3) is 0. The van der Waals surface area contributed by atoms with Crippen LogP contribution in [-0.2, 0) is 0 Å². The molecule has 0 atom stereocenters. The summed E-state index contributed by atoms with van der Waals surface area (Å²) in [6, 6.07) is 8.72. The Morgan fingerprint density at radius 1 is 1.15 bits per heavy atom. The molecule has 0 saturated heterocycles. The summed E-state index contributed by atoms with van der Waals surface area (Å²) in [7, 11) is 0. The van der Waals surface area contributed by atoms with Crippen LogP contribution in [0.5, 0.6) is 0 Å². The van der Waals surface area contributed by atoms with Gasteiger partial charge in [0, 0.05) is 18.0 Å². The number of aromatic nitrogens is 2. The second kappa shape index (κ2) is 2.82. The lowest BCUT2D eigenvalue weighted by Gasteiger charge is -2.01. The van der Waals surface area contributed by atoms with E-state index in [-0.39, 0.29) is 5.56 Å². The van der Waals surface area contributed by atoms with Crippen molar-refractivity contribution >= 4 is 5.69 Å². The molecule has 0 amide bonds. The average Bonchev–Trinajstić information content (AvgIpc) is 2.53. The van der Waals surface area contributed by atoms with Crippen LogP contribution in [0.2, 0.25) is 0 Å². The maximum absolute atomic E-state index is 10.8. The minimum absolute atomic E-state index is 0.114. The van der Waals surface area contributed by atoms with Gasteiger partial charge in [0.25, 0.3) is 5.56 Å². The van der Waals surface area contributed by atoms with Crippen LogP contribution < -0.4 is 11.3 Å². The maximum atomic E-state index is 10.8. The van der Waals surface area contributed by atoms with E-state index >= 15 is 0 Å². The summed E-state index contributed by atoms with van der Waals surface area (Å²) < 4.78 is 1.64. The van der Waals surface area contributed by atoms with Gasteiger partial charge in [0.2, 0.25) is 0 Å². The summed E-state index contributed by atoms with van der Waals surface area (Å²) in [6.07, 6.45) is 1.67. The fourth-order valence-electron chi connectivity index (χ4n) is 1.12. The van der Waals surface area contributed by atoms with Gasteiger partial charge in [0.05, 0.1) is 5.69 Å². The van der Waals surface area contributed by atoms with Crippen LogP contribution in [-0.4, -0.2) is 9.78 Å². The molecule has 2 rings (SSSR count). The Hall–Kier alpha value is -1.97. The molecule has 4 heteroatoms. The van der Waals surface area contributed by atoms with E-state index in [9.17, 15) is 4.79 Å². The molecule has 3 N–H and O–H groups in total. The zero-order chi connectivity index (χ0) is 9.26. The van der Waals surface area contributed by atoms with E-state index in [4.69, 9.17) is 5.73 Å². The van der Waals surface area contributed by atoms with Gasteiger partial charge >= 0.3 is 0 Å². The zero-order valence-electron chi connectivity index (χ0n) is 6.90. The normalized spacial score (nSPS) is 10.2. The first-order valence-electron chi connectivity index (χ1n) is 3.89. The lowest BCUT2D eigenvalue weighted by atomic mass is 10.3. The largest absolute Gasteiger partial charge is 0.399 e. The highest BCUT2D eigenvalue weighted by Crippen LogP contribution is 2.08. The third kappa shape index (κ3) is 1.46. The number of anilines is 1. The summed E-state index contributed by atoms with van der Waals surface area (Å²) in [5, 5.41) is 2.63. The standard InChI is InChI=1S/C9H9N3O/c10-7-1-3-8(4-2-7)12-6-5-9(13)11-12/h1-6H,10H2,(H,11,13). The van der Waals surface area contributed by atoms with Crippen molar-refractivity contribution < 1.29 is 0 Å². The molecular weight excluding hydrogens is 166 g/mol. The van der Waals surface area contributed by atoms with Gasteiger partial charge in [-0.1, -0.05) is 0 Å². The number of nitrogens with one attached hydrogen (secondary N) is 1. The monoisotopic (exact) mass is 175 g/mol. The summed E-state index contributed by atoms with van der Waals surface area (Å²) in [5.41, 5.74) is 7.01. The third-order valence-corrected chi connectivity index (χ3v) is 1.78. The molecule has 0 aliphatic heterocycles. The van der Waals surface area contributed by atoms with Gasteiger partial charge in [-0.3, -0.25) is 14.6 Å². The summed E-state index contributed by atoms with van der Waals surface area (Å²) in [5.74, 6) is 0. The number of hydrogen-bond acceptors (Lipinski definition) is 2. The molecule has 0 saturated carbocycles. The lowest BCUT2D eigenvalue weighted by molar-refractivity contribution is 0.864. The molecule has 0 unspecified atom stereocenters. The highest BCUT2D eigenvalue weighted by atomic mass is 16.1. The van der Waals surface area contributed by atoms with Crippen molar-refractivity contribution in [1.82, 2.24) is 9.78 Å². The number of H-pyrrole nitrogens is 1. The molecule has 0 aliphatic rings. The molecule has 1 aromatic heterocycles. The fourth-order valence-corrected chi connectivity index (χ4v) is 1.12. The summed E-state index contributed by atoms with van der Waals surface area (Å²) >= 11 is 0. The number of nitrogens with two attached hydrogens (primary N) is 1. The molecule has 1 heterocycles. The van der Waals surface area contributed by atoms with E-state index in [0.717, 1.165) is 5.69 Å². The third-order valence-electron chi connectivity index (χ3n) is 1.78. The quantitative estimate of drug-likeness (QED) is 0.628. The number of rotatable bonds is 1. The van der Waals surface area contributed by atoms with Crippen molar-refractivity contribution in [2.75, 3.05) is 5.73 Å². The Balaban J connectivity index is 2.47. The topological polar surface area (TPSA) is 63.8 Å². The first-order valence-corrected chi connectivity index (χ1v) is 3.89. The van der Waals surface area contributed by atoms with Crippen molar-refractivity contribution in [3.05, 3.63) is 46.9 Å². The molecular formula is C9H9N3O. The van der Waals surface area contributed by atoms with Crippen LogP contribution in [0.4, 0.5) is 5.69 Å². The number of aromatic amines is 1. The van der Waals surface area contributed by atoms with Crippen LogP contribution in [0.15, 0.2) is 41.3 Å². The Morgan fingerprint density at radius 2 is 1.85 bits per heavy atom. The maximum Gasteiger partial charge on any atom is 0.264 e. The predicted octanol–water partition coefficient (Wildman–Crippen LogP) is 0.748. The van der Waals surface area contributed by atoms with E-state index in [1.807, 2.05) is 12.1 Å². The van der Waals surface area contributed by atoms with Gasteiger partial charge < -0.3 is 5.73 Å². The van der Waals surface area contributed by atoms with Gasteiger partial charge in [0.15, 0.2) is 0 Å². The van der Waals surface area contributed by atoms with E-state index in [1.165, 1.54) is 6.07 Å². The SMILES string of the molecule is Nc1ccc(-n2ccc(=O)[nH]2)cc1. The Morgan fingerprint density at radius 3 is 2.38 bits per heavy atom. The summed E-state index contributed by atoms with van der Waals surface area (Å²) in [4.78, 5) is 10.8. The average molecular weight is 175 g/mol. The van der Waals surface area contributed by atoms with Crippen molar-refractivity contribution in [3.63, 3.8) is 0 Å². The number of benzene rings is 1. The molecule has 0 radical (unpaired) electrons. The molecule has 0 bridgehead atoms. The molecule has 2 aromatic rings. The highest BCUT2D eigenvalue weighted by molar-refractivity contribution is 5.44. The Bertz CT molecular complexity index is 452. The highest BCUT2D eigenvalue weighted by Gasteiger charge is 1.94. The number of nitrogen functional groups attached to an aromatic ring is 1. The van der Waals surface area contributed by atoms with Gasteiger partial charge in [-0.2, -0.15) is 0 Å². The van der Waals surface area contributed by atoms with Crippen molar-refractivity contribution in [1.29, 1.82) is 0 Å². The molecule has 0 aliphatic carbocycles. The van der Waals surface area contributed by atoms with Crippen molar-refractivity contribution in [3.8, 4) is 5.69 Å². The van der Waals surface area contributed by atoms with Crippen LogP contribution >= 0.6 is 0 Å². The van der Waals surface area contributed by atoms with Gasteiger partial charge in [-0.15, -0.1) is 0 Å². The molecule has 0 fully saturated rings. The van der Waals surface area contributed by atoms with Gasteiger partial charge in [0.1, 0.15) is 0 Å². The van der Waals surface area contributed by atoms with E-state index in [0.29, 0.717) is 5.69 Å². The second-order valence-electron chi connectivity index (χ2n) is 2.75. The molecule has 0 spiro atoms. The molecule has 13 heavy (non-hydrogen) atoms. The van der Waals surface area contributed by atoms with Crippen LogP contribution in [0.1, 0.15) is 0 Å². The van der Waals surface area contributed by atoms with Crippen LogP contribution in [0.25, 0.3) is 5.69 Å². The van der Waals surface area contributed by atoms with E-state index < -0.39 is 0 Å². The molecule has 66 valence electrons. The summed E-state index contributed by atoms with van der Waals surface area (Å²) in [6.45, 7) is 0. The number of nitrogens with zero attached hydrogens (tertiary/aromatic N) is 1. The Kier molecular flexibility index (Phi) is 1.66. The van der Waals surface area contributed by atoms with Crippen LogP contribution in [0, 0.1) is 0 Å². The second-order valence-corrected chi connectivity index (χ2v) is 2.75. The van der Waals surface area contributed by atoms with E-state index in [2.05, 4.69) is 5.10 Å².